The maximum absolute atomic E-state index is 12.0. The quantitative estimate of drug-likeness (QED) is 0.287. The van der Waals surface area contributed by atoms with Crippen LogP contribution < -0.4 is 15.2 Å². The highest BCUT2D eigenvalue weighted by molar-refractivity contribution is 9.11. The van der Waals surface area contributed by atoms with E-state index in [4.69, 9.17) is 4.74 Å². The van der Waals surface area contributed by atoms with E-state index < -0.39 is 10.9 Å². The average molecular weight is 547 g/mol. The van der Waals surface area contributed by atoms with Crippen molar-refractivity contribution in [1.29, 1.82) is 0 Å². The van der Waals surface area contributed by atoms with Crippen molar-refractivity contribution in [1.82, 2.24) is 0 Å². The Morgan fingerprint density at radius 2 is 1.81 bits per heavy atom. The summed E-state index contributed by atoms with van der Waals surface area (Å²) in [6.45, 7) is 5.46. The minimum atomic E-state index is -1.14. The van der Waals surface area contributed by atoms with Crippen molar-refractivity contribution < 1.29 is 24.7 Å². The number of benzene rings is 3. The molecule has 3 aromatic rings. The van der Waals surface area contributed by atoms with Crippen LogP contribution in [0.3, 0.4) is 0 Å². The van der Waals surface area contributed by atoms with E-state index in [9.17, 15) is 25.1 Å². The third kappa shape index (κ3) is 3.21. The first-order valence-electron chi connectivity index (χ1n) is 8.86. The molecule has 3 aromatic carbocycles. The molecule has 31 heavy (non-hydrogen) atoms. The zero-order valence-electron chi connectivity index (χ0n) is 15.9. The van der Waals surface area contributed by atoms with Gasteiger partial charge in [-0.25, -0.2) is 4.79 Å². The number of nitrogens with zero attached hydrogens (tertiary/aromatic N) is 1. The minimum Gasteiger partial charge on any atom is -0.506 e. The number of aromatic hydroxyl groups is 1. The largest absolute Gasteiger partial charge is 0.506 e. The van der Waals surface area contributed by atoms with E-state index in [1.807, 2.05) is 0 Å². The highest BCUT2D eigenvalue weighted by atomic mass is 79.9. The summed E-state index contributed by atoms with van der Waals surface area (Å²) in [5, 5.41) is 32.3. The van der Waals surface area contributed by atoms with Crippen LogP contribution >= 0.6 is 31.9 Å². The first-order chi connectivity index (χ1) is 14.6. The van der Waals surface area contributed by atoms with Crippen LogP contribution in [0, 0.1) is 17.0 Å². The Morgan fingerprint density at radius 1 is 1.13 bits per heavy atom. The molecule has 9 heteroatoms. The number of hydrogen-bond donors (Lipinski definition) is 2. The number of aromatic carboxylic acids is 1. The molecule has 1 aliphatic heterocycles. The highest BCUT2D eigenvalue weighted by Gasteiger charge is 2.30. The summed E-state index contributed by atoms with van der Waals surface area (Å²) < 4.78 is 6.61. The van der Waals surface area contributed by atoms with E-state index in [-0.39, 0.29) is 42.7 Å². The predicted octanol–water partition coefficient (Wildman–Crippen LogP) is 4.60. The molecule has 1 heterocycles. The smallest absolute Gasteiger partial charge is 0.336 e. The lowest BCUT2D eigenvalue weighted by molar-refractivity contribution is -0.386. The molecule has 0 unspecified atom stereocenters. The molecule has 0 saturated heterocycles. The topological polar surface area (TPSA) is 110 Å². The standard InChI is InChI=1S/C22H13Br2NO6/c1-9-7-13-16(11-5-3-4-6-12(11)22(27)28)14-8-15(25(29)30)10(2)17(23)20(14)31-21(13)18(24)19(9)26/h3-8,26H,2H2,1H3,(H,27,28). The number of phenols is 1. The van der Waals surface area contributed by atoms with Crippen LogP contribution in [-0.2, 0) is 0 Å². The van der Waals surface area contributed by atoms with Gasteiger partial charge >= 0.3 is 5.97 Å². The van der Waals surface area contributed by atoms with Crippen LogP contribution in [0.15, 0.2) is 45.3 Å². The lowest BCUT2D eigenvalue weighted by atomic mass is 9.88. The number of nitro benzene ring substituents is 1. The third-order valence-corrected chi connectivity index (χ3v) is 6.63. The second-order valence-corrected chi connectivity index (χ2v) is 8.47. The SMILES string of the molecule is C=c1c([N+](=O)[O-])cc2c(c1Br)Oc1c(cc(C)c(O)c1Br)C=2c1ccccc1C(=O)O. The Balaban J connectivity index is 2.30. The van der Waals surface area contributed by atoms with Gasteiger partial charge < -0.3 is 14.9 Å². The van der Waals surface area contributed by atoms with Crippen LogP contribution in [-0.4, -0.2) is 21.1 Å². The van der Waals surface area contributed by atoms with Crippen molar-refractivity contribution >= 4 is 55.7 Å². The first-order valence-corrected chi connectivity index (χ1v) is 10.4. The molecule has 0 saturated carbocycles. The van der Waals surface area contributed by atoms with E-state index in [2.05, 4.69) is 38.4 Å². The molecule has 0 spiro atoms. The van der Waals surface area contributed by atoms with Gasteiger partial charge in [0.1, 0.15) is 10.2 Å². The lowest BCUT2D eigenvalue weighted by Gasteiger charge is -2.25. The molecule has 156 valence electrons. The lowest BCUT2D eigenvalue weighted by Crippen LogP contribution is -2.24. The maximum Gasteiger partial charge on any atom is 0.336 e. The number of nitro groups is 1. The first kappa shape index (κ1) is 21.1. The van der Waals surface area contributed by atoms with Crippen molar-refractivity contribution in [3.8, 4) is 17.2 Å². The van der Waals surface area contributed by atoms with E-state index >= 15 is 0 Å². The molecule has 0 amide bonds. The molecule has 0 bridgehead atoms. The molecule has 4 rings (SSSR count). The summed E-state index contributed by atoms with van der Waals surface area (Å²) >= 11 is 6.70. The number of fused-ring (bicyclic) bond motifs is 2. The number of halogens is 2. The Hall–Kier alpha value is -3.17. The number of non-ortho nitro benzene ring substituents is 1. The van der Waals surface area contributed by atoms with Crippen LogP contribution in [0.2, 0.25) is 0 Å². The molecule has 0 fully saturated rings. The molecule has 2 N–H and O–H groups in total. The van der Waals surface area contributed by atoms with Gasteiger partial charge in [-0.1, -0.05) is 24.8 Å². The number of carbonyl (C=O) groups is 1. The van der Waals surface area contributed by atoms with Crippen molar-refractivity contribution in [2.45, 2.75) is 6.92 Å². The predicted molar refractivity (Wildman–Crippen MR) is 121 cm³/mol. The number of phenolic OH excluding ortho intramolecular Hbond substituents is 1. The van der Waals surface area contributed by atoms with Crippen LogP contribution in [0.5, 0.6) is 17.2 Å². The Kier molecular flexibility index (Phi) is 5.10. The fraction of sp³-hybridized carbons (Fsp3) is 0.0455. The Bertz CT molecular complexity index is 1430. The molecule has 7 nitrogen and oxygen atoms in total. The molecular weight excluding hydrogens is 534 g/mol. The van der Waals surface area contributed by atoms with Gasteiger partial charge in [0.05, 0.1) is 20.2 Å². The Labute approximate surface area is 192 Å². The Morgan fingerprint density at radius 3 is 2.45 bits per heavy atom. The molecule has 0 aromatic heterocycles. The monoisotopic (exact) mass is 545 g/mol. The van der Waals surface area contributed by atoms with Gasteiger partial charge in [0.25, 0.3) is 5.69 Å². The number of carboxylic acid groups (broad SMARTS) is 1. The normalized spacial score (nSPS) is 12.0. The number of carboxylic acids is 1. The minimum absolute atomic E-state index is 0.0237. The summed E-state index contributed by atoms with van der Waals surface area (Å²) in [6.07, 6.45) is 0. The van der Waals surface area contributed by atoms with Gasteiger partial charge in [-0.3, -0.25) is 10.1 Å². The summed E-state index contributed by atoms with van der Waals surface area (Å²) in [4.78, 5) is 23.0. The van der Waals surface area contributed by atoms with E-state index in [0.29, 0.717) is 27.5 Å². The van der Waals surface area contributed by atoms with Gasteiger partial charge in [-0.05, 0) is 62.0 Å². The van der Waals surface area contributed by atoms with Crippen LogP contribution in [0.25, 0.3) is 12.2 Å². The number of hydrogen-bond acceptors (Lipinski definition) is 5. The van der Waals surface area contributed by atoms with E-state index in [0.717, 1.165) is 0 Å². The van der Waals surface area contributed by atoms with Gasteiger partial charge in [0.2, 0.25) is 0 Å². The maximum atomic E-state index is 12.0. The van der Waals surface area contributed by atoms with Crippen molar-refractivity contribution in [3.63, 3.8) is 0 Å². The van der Waals surface area contributed by atoms with E-state index in [1.165, 1.54) is 12.1 Å². The molecule has 0 atom stereocenters. The zero-order valence-corrected chi connectivity index (χ0v) is 19.1. The summed E-state index contributed by atoms with van der Waals surface area (Å²) in [7, 11) is 0. The highest BCUT2D eigenvalue weighted by Crippen LogP contribution is 2.47. The molecular formula is C22H13Br2NO6. The van der Waals surface area contributed by atoms with Crippen molar-refractivity contribution in [2.24, 2.45) is 0 Å². The van der Waals surface area contributed by atoms with Gasteiger partial charge in [0.15, 0.2) is 11.5 Å². The zero-order chi connectivity index (χ0) is 22.6. The van der Waals surface area contributed by atoms with Gasteiger partial charge in [-0.15, -0.1) is 0 Å². The van der Waals surface area contributed by atoms with Gasteiger partial charge in [0, 0.05) is 22.4 Å². The molecule has 1 aliphatic rings. The summed E-state index contributed by atoms with van der Waals surface area (Å²) in [5.41, 5.74) is 1.58. The summed E-state index contributed by atoms with van der Waals surface area (Å²) in [6, 6.07) is 9.36. The summed E-state index contributed by atoms with van der Waals surface area (Å²) in [5.74, 6) is -0.669. The van der Waals surface area contributed by atoms with Crippen molar-refractivity contribution in [2.75, 3.05) is 0 Å². The van der Waals surface area contributed by atoms with Crippen molar-refractivity contribution in [3.05, 3.63) is 88.1 Å². The fourth-order valence-electron chi connectivity index (χ4n) is 3.57. The van der Waals surface area contributed by atoms with Crippen LogP contribution in [0.1, 0.15) is 27.0 Å². The number of aryl methyl sites for hydroxylation is 1. The second kappa shape index (κ2) is 7.51. The second-order valence-electron chi connectivity index (χ2n) is 6.88. The van der Waals surface area contributed by atoms with E-state index in [1.54, 1.807) is 31.2 Å². The molecule has 0 radical (unpaired) electrons. The third-order valence-electron chi connectivity index (χ3n) is 5.05. The van der Waals surface area contributed by atoms with Crippen LogP contribution in [0.4, 0.5) is 5.69 Å². The number of ether oxygens (including phenoxy) is 1. The fourth-order valence-corrected chi connectivity index (χ4v) is 4.67. The van der Waals surface area contributed by atoms with Gasteiger partial charge in [-0.2, -0.15) is 0 Å². The average Bonchev–Trinajstić information content (AvgIpc) is 2.73. The molecule has 0 aliphatic carbocycles. The number of rotatable bonds is 3.